The minimum Gasteiger partial charge on any atom is -0.415 e. The number of halogens is 1. The second-order valence-electron chi connectivity index (χ2n) is 6.08. The van der Waals surface area contributed by atoms with Crippen molar-refractivity contribution in [1.82, 2.24) is 10.2 Å². The molecule has 0 fully saturated rings. The highest BCUT2D eigenvalue weighted by Gasteiger charge is 2.22. The summed E-state index contributed by atoms with van der Waals surface area (Å²) in [7, 11) is 0. The van der Waals surface area contributed by atoms with Gasteiger partial charge in [-0.3, -0.25) is 0 Å². The van der Waals surface area contributed by atoms with Crippen molar-refractivity contribution in [3.63, 3.8) is 0 Å². The van der Waals surface area contributed by atoms with E-state index in [-0.39, 0.29) is 5.92 Å². The maximum Gasteiger partial charge on any atom is 0.276 e. The fourth-order valence-electron chi connectivity index (χ4n) is 2.89. The Bertz CT molecular complexity index is 948. The summed E-state index contributed by atoms with van der Waals surface area (Å²) in [5, 5.41) is 9.88. The van der Waals surface area contributed by atoms with E-state index in [1.165, 1.54) is 11.8 Å². The second kappa shape index (κ2) is 8.42. The zero-order chi connectivity index (χ0) is 18.5. The molecule has 0 saturated carbocycles. The molecule has 0 amide bonds. The monoisotopic (exact) mass is 392 g/mol. The van der Waals surface area contributed by atoms with E-state index < -0.39 is 0 Å². The first-order valence-corrected chi connectivity index (χ1v) is 9.96. The SMILES string of the molecule is Clc1ccc(CSc2nnc(C(c3ccccc3)c3ccccc3)o2)cc1. The first-order valence-electron chi connectivity index (χ1n) is 8.60. The molecule has 1 heterocycles. The Hall–Kier alpha value is -2.56. The van der Waals surface area contributed by atoms with Gasteiger partial charge in [-0.05, 0) is 28.8 Å². The van der Waals surface area contributed by atoms with Crippen molar-refractivity contribution in [2.45, 2.75) is 16.9 Å². The first kappa shape index (κ1) is 17.8. The summed E-state index contributed by atoms with van der Waals surface area (Å²) in [6.07, 6.45) is 0. The van der Waals surface area contributed by atoms with Gasteiger partial charge in [-0.25, -0.2) is 0 Å². The normalized spacial score (nSPS) is 11.0. The van der Waals surface area contributed by atoms with Crippen LogP contribution >= 0.6 is 23.4 Å². The maximum absolute atomic E-state index is 6.01. The number of nitrogens with zero attached hydrogens (tertiary/aromatic N) is 2. The molecular weight excluding hydrogens is 376 g/mol. The summed E-state index contributed by atoms with van der Waals surface area (Å²) in [5.74, 6) is 1.27. The van der Waals surface area contributed by atoms with E-state index in [0.717, 1.165) is 27.5 Å². The van der Waals surface area contributed by atoms with Crippen LogP contribution in [-0.4, -0.2) is 10.2 Å². The third-order valence-electron chi connectivity index (χ3n) is 4.21. The predicted octanol–water partition coefficient (Wildman–Crippen LogP) is 6.20. The van der Waals surface area contributed by atoms with Gasteiger partial charge in [0.1, 0.15) is 0 Å². The number of hydrogen-bond acceptors (Lipinski definition) is 4. The fraction of sp³-hybridized carbons (Fsp3) is 0.0909. The van der Waals surface area contributed by atoms with Crippen LogP contribution in [0.3, 0.4) is 0 Å². The Kier molecular flexibility index (Phi) is 5.56. The van der Waals surface area contributed by atoms with Gasteiger partial charge < -0.3 is 4.42 Å². The van der Waals surface area contributed by atoms with Crippen LogP contribution in [0.4, 0.5) is 0 Å². The second-order valence-corrected chi connectivity index (χ2v) is 7.44. The van der Waals surface area contributed by atoms with Crippen LogP contribution in [0.25, 0.3) is 0 Å². The van der Waals surface area contributed by atoms with Crippen molar-refractivity contribution >= 4 is 23.4 Å². The van der Waals surface area contributed by atoms with E-state index in [0.29, 0.717) is 11.1 Å². The van der Waals surface area contributed by atoms with Crippen molar-refractivity contribution < 1.29 is 4.42 Å². The summed E-state index contributed by atoms with van der Waals surface area (Å²) >= 11 is 7.46. The summed E-state index contributed by atoms with van der Waals surface area (Å²) < 4.78 is 6.01. The topological polar surface area (TPSA) is 38.9 Å². The lowest BCUT2D eigenvalue weighted by Gasteiger charge is -2.13. The number of aromatic nitrogens is 2. The number of benzene rings is 3. The average Bonchev–Trinajstić information content (AvgIpc) is 3.18. The lowest BCUT2D eigenvalue weighted by atomic mass is 9.91. The van der Waals surface area contributed by atoms with Crippen molar-refractivity contribution in [3.8, 4) is 0 Å². The fourth-order valence-corrected chi connectivity index (χ4v) is 3.74. The van der Waals surface area contributed by atoms with E-state index >= 15 is 0 Å². The molecule has 0 aliphatic heterocycles. The predicted molar refractivity (Wildman–Crippen MR) is 109 cm³/mol. The Morgan fingerprint density at radius 1 is 0.778 bits per heavy atom. The molecule has 0 atom stereocenters. The molecule has 0 aliphatic carbocycles. The van der Waals surface area contributed by atoms with Gasteiger partial charge in [-0.15, -0.1) is 10.2 Å². The molecule has 0 radical (unpaired) electrons. The van der Waals surface area contributed by atoms with E-state index in [9.17, 15) is 0 Å². The summed E-state index contributed by atoms with van der Waals surface area (Å²) in [6, 6.07) is 28.2. The van der Waals surface area contributed by atoms with Gasteiger partial charge in [0.25, 0.3) is 5.22 Å². The molecule has 0 N–H and O–H groups in total. The van der Waals surface area contributed by atoms with Crippen molar-refractivity contribution in [3.05, 3.63) is 113 Å². The molecule has 0 aliphatic rings. The van der Waals surface area contributed by atoms with Gasteiger partial charge in [0.2, 0.25) is 5.89 Å². The van der Waals surface area contributed by atoms with E-state index in [1.807, 2.05) is 60.7 Å². The lowest BCUT2D eigenvalue weighted by Crippen LogP contribution is -2.03. The smallest absolute Gasteiger partial charge is 0.276 e. The third-order valence-corrected chi connectivity index (χ3v) is 5.35. The summed E-state index contributed by atoms with van der Waals surface area (Å²) in [6.45, 7) is 0. The Labute approximate surface area is 167 Å². The average molecular weight is 393 g/mol. The molecule has 0 saturated heterocycles. The van der Waals surface area contributed by atoms with E-state index in [1.54, 1.807) is 0 Å². The van der Waals surface area contributed by atoms with Gasteiger partial charge in [0.05, 0.1) is 5.92 Å². The molecule has 134 valence electrons. The summed E-state index contributed by atoms with van der Waals surface area (Å²) in [4.78, 5) is 0. The molecule has 0 spiro atoms. The van der Waals surface area contributed by atoms with Crippen LogP contribution in [0, 0.1) is 0 Å². The van der Waals surface area contributed by atoms with Crippen molar-refractivity contribution in [1.29, 1.82) is 0 Å². The number of rotatable bonds is 6. The van der Waals surface area contributed by atoms with Crippen LogP contribution in [-0.2, 0) is 5.75 Å². The van der Waals surface area contributed by atoms with Crippen LogP contribution < -0.4 is 0 Å². The molecule has 5 heteroatoms. The number of hydrogen-bond donors (Lipinski definition) is 0. The molecule has 4 aromatic rings. The summed E-state index contributed by atoms with van der Waals surface area (Å²) in [5.41, 5.74) is 3.41. The van der Waals surface area contributed by atoms with Crippen LogP contribution in [0.1, 0.15) is 28.5 Å². The molecule has 3 nitrogen and oxygen atoms in total. The molecule has 3 aromatic carbocycles. The van der Waals surface area contributed by atoms with Gasteiger partial charge in [-0.2, -0.15) is 0 Å². The molecule has 27 heavy (non-hydrogen) atoms. The molecule has 0 unspecified atom stereocenters. The van der Waals surface area contributed by atoms with Crippen LogP contribution in [0.2, 0.25) is 5.02 Å². The van der Waals surface area contributed by atoms with E-state index in [4.69, 9.17) is 16.0 Å². The minimum absolute atomic E-state index is 0.0789. The maximum atomic E-state index is 6.01. The Balaban J connectivity index is 1.57. The Morgan fingerprint density at radius 3 is 1.96 bits per heavy atom. The van der Waals surface area contributed by atoms with Gasteiger partial charge in [-0.1, -0.05) is 96.2 Å². The standard InChI is InChI=1S/C22H17ClN2OS/c23-19-13-11-16(12-14-19)15-27-22-25-24-21(26-22)20(17-7-3-1-4-8-17)18-9-5-2-6-10-18/h1-14,20H,15H2. The van der Waals surface area contributed by atoms with Crippen LogP contribution in [0.15, 0.2) is 94.6 Å². The molecule has 0 bridgehead atoms. The van der Waals surface area contributed by atoms with Crippen LogP contribution in [0.5, 0.6) is 0 Å². The molecule has 4 rings (SSSR count). The zero-order valence-electron chi connectivity index (χ0n) is 14.5. The third kappa shape index (κ3) is 4.41. The van der Waals surface area contributed by atoms with Crippen molar-refractivity contribution in [2.24, 2.45) is 0 Å². The zero-order valence-corrected chi connectivity index (χ0v) is 16.0. The van der Waals surface area contributed by atoms with Gasteiger partial charge >= 0.3 is 0 Å². The lowest BCUT2D eigenvalue weighted by molar-refractivity contribution is 0.409. The quantitative estimate of drug-likeness (QED) is 0.366. The van der Waals surface area contributed by atoms with Gasteiger partial charge in [0.15, 0.2) is 0 Å². The Morgan fingerprint density at radius 2 is 1.37 bits per heavy atom. The van der Waals surface area contributed by atoms with Gasteiger partial charge in [0, 0.05) is 10.8 Å². The largest absolute Gasteiger partial charge is 0.415 e. The van der Waals surface area contributed by atoms with Crippen molar-refractivity contribution in [2.75, 3.05) is 0 Å². The highest BCUT2D eigenvalue weighted by atomic mass is 35.5. The highest BCUT2D eigenvalue weighted by Crippen LogP contribution is 2.33. The van der Waals surface area contributed by atoms with E-state index in [2.05, 4.69) is 34.5 Å². The highest BCUT2D eigenvalue weighted by molar-refractivity contribution is 7.98. The number of thioether (sulfide) groups is 1. The first-order chi connectivity index (χ1) is 13.3. The molecular formula is C22H17ClN2OS. The molecule has 1 aromatic heterocycles. The minimum atomic E-state index is -0.0789.